The molecule has 0 saturated carbocycles. The van der Waals surface area contributed by atoms with Gasteiger partial charge in [-0.15, -0.1) is 0 Å². The second kappa shape index (κ2) is 7.59. The zero-order chi connectivity index (χ0) is 16.9. The molecule has 1 aromatic rings. The zero-order valence-corrected chi connectivity index (χ0v) is 14.0. The van der Waals surface area contributed by atoms with Crippen molar-refractivity contribution in [3.05, 3.63) is 44.8 Å². The van der Waals surface area contributed by atoms with E-state index in [-0.39, 0.29) is 11.6 Å². The highest BCUT2D eigenvalue weighted by molar-refractivity contribution is 8.18. The minimum absolute atomic E-state index is 0.0347. The second-order valence-electron chi connectivity index (χ2n) is 5.85. The fourth-order valence-corrected chi connectivity index (χ4v) is 3.56. The summed E-state index contributed by atoms with van der Waals surface area (Å²) in [6.07, 6.45) is 5.50. The molecular weight excluding hydrogens is 328 g/mol. The minimum Gasteiger partial charge on any atom is -0.316 e. The third-order valence-corrected chi connectivity index (χ3v) is 5.01. The summed E-state index contributed by atoms with van der Waals surface area (Å²) in [6.45, 7) is 2.97. The number of nitro benzene ring substituents is 1. The predicted molar refractivity (Wildman–Crippen MR) is 93.7 cm³/mol. The molecule has 2 heterocycles. The van der Waals surface area contributed by atoms with E-state index in [2.05, 4.69) is 10.3 Å². The van der Waals surface area contributed by atoms with Crippen LogP contribution in [-0.2, 0) is 4.79 Å². The Balaban J connectivity index is 1.64. The Bertz CT molecular complexity index is 694. The van der Waals surface area contributed by atoms with Crippen LogP contribution >= 0.6 is 11.8 Å². The average Bonchev–Trinajstić information content (AvgIpc) is 2.94. The molecule has 0 atom stereocenters. The molecule has 0 unspecified atom stereocenters. The summed E-state index contributed by atoms with van der Waals surface area (Å²) in [5, 5.41) is 14.1. The first kappa shape index (κ1) is 16.7. The lowest BCUT2D eigenvalue weighted by Crippen LogP contribution is -3.12. The van der Waals surface area contributed by atoms with Crippen molar-refractivity contribution in [2.75, 3.05) is 19.8 Å². The van der Waals surface area contributed by atoms with Gasteiger partial charge < -0.3 is 10.2 Å². The lowest BCUT2D eigenvalue weighted by molar-refractivity contribution is -0.904. The molecule has 3 rings (SSSR count). The molecular formula is C16H19N4O3S+. The summed E-state index contributed by atoms with van der Waals surface area (Å²) in [7, 11) is 0. The number of hydrogen-bond acceptors (Lipinski definition) is 5. The van der Waals surface area contributed by atoms with Gasteiger partial charge in [0.15, 0.2) is 11.8 Å². The van der Waals surface area contributed by atoms with E-state index in [1.165, 1.54) is 48.1 Å². The van der Waals surface area contributed by atoms with Crippen LogP contribution in [0.2, 0.25) is 0 Å². The van der Waals surface area contributed by atoms with Crippen LogP contribution in [0.25, 0.3) is 6.08 Å². The number of thioether (sulfide) groups is 1. The van der Waals surface area contributed by atoms with E-state index in [1.807, 2.05) is 0 Å². The van der Waals surface area contributed by atoms with Crippen LogP contribution < -0.4 is 10.2 Å². The van der Waals surface area contributed by atoms with Crippen LogP contribution in [0.1, 0.15) is 24.8 Å². The first-order chi connectivity index (χ1) is 11.6. The van der Waals surface area contributed by atoms with E-state index < -0.39 is 4.92 Å². The number of amidine groups is 1. The number of amides is 1. The summed E-state index contributed by atoms with van der Waals surface area (Å²) >= 11 is 1.32. The molecule has 2 fully saturated rings. The quantitative estimate of drug-likeness (QED) is 0.486. The third-order valence-electron chi connectivity index (χ3n) is 4.06. The van der Waals surface area contributed by atoms with Crippen molar-refractivity contribution in [2.24, 2.45) is 4.99 Å². The maximum atomic E-state index is 12.0. The van der Waals surface area contributed by atoms with Crippen molar-refractivity contribution in [1.82, 2.24) is 5.32 Å². The standard InChI is InChI=1S/C16H18N4O3S/c21-15-14(10-12-4-6-13(7-5-12)20(22)23)24-16(18-15)17-11-19-8-2-1-3-9-19/h4-7,10H,1-3,8-9,11H2,(H,17,18,21)/p+1/b14-10+. The number of non-ortho nitro benzene ring substituents is 1. The molecule has 24 heavy (non-hydrogen) atoms. The molecule has 2 aliphatic rings. The number of nitrogens with zero attached hydrogens (tertiary/aromatic N) is 2. The smallest absolute Gasteiger partial charge is 0.269 e. The molecule has 8 heteroatoms. The highest BCUT2D eigenvalue weighted by Crippen LogP contribution is 2.26. The van der Waals surface area contributed by atoms with Gasteiger partial charge in [0.05, 0.1) is 22.9 Å². The SMILES string of the molecule is O=C1N/C(=N\C[NH+]2CCCCC2)S/C1=C/c1ccc([N+](=O)[O-])cc1. The Morgan fingerprint density at radius 3 is 2.62 bits per heavy atom. The predicted octanol–water partition coefficient (Wildman–Crippen LogP) is 1.18. The number of piperidine rings is 1. The molecule has 0 aliphatic carbocycles. The van der Waals surface area contributed by atoms with Crippen molar-refractivity contribution in [3.8, 4) is 0 Å². The number of benzene rings is 1. The van der Waals surface area contributed by atoms with Gasteiger partial charge in [-0.05, 0) is 54.8 Å². The minimum atomic E-state index is -0.443. The molecule has 126 valence electrons. The van der Waals surface area contributed by atoms with Crippen LogP contribution in [0.15, 0.2) is 34.2 Å². The van der Waals surface area contributed by atoms with Crippen LogP contribution in [0.5, 0.6) is 0 Å². The molecule has 2 N–H and O–H groups in total. The van der Waals surface area contributed by atoms with E-state index >= 15 is 0 Å². The van der Waals surface area contributed by atoms with Crippen LogP contribution in [0, 0.1) is 10.1 Å². The largest absolute Gasteiger partial charge is 0.316 e. The summed E-state index contributed by atoms with van der Waals surface area (Å²) < 4.78 is 0. The van der Waals surface area contributed by atoms with E-state index in [4.69, 9.17) is 0 Å². The summed E-state index contributed by atoms with van der Waals surface area (Å²) in [5.74, 6) is -0.175. The fourth-order valence-electron chi connectivity index (χ4n) is 2.74. The second-order valence-corrected chi connectivity index (χ2v) is 6.88. The molecule has 0 bridgehead atoms. The fraction of sp³-hybridized carbons (Fsp3) is 0.375. The van der Waals surface area contributed by atoms with Crippen LogP contribution in [0.3, 0.4) is 0 Å². The number of likely N-dealkylation sites (tertiary alicyclic amines) is 1. The van der Waals surface area contributed by atoms with Gasteiger partial charge in [0.1, 0.15) is 0 Å². The molecule has 1 aromatic carbocycles. The topological polar surface area (TPSA) is 89.0 Å². The number of hydrogen-bond donors (Lipinski definition) is 2. The molecule has 0 radical (unpaired) electrons. The van der Waals surface area contributed by atoms with E-state index in [1.54, 1.807) is 18.2 Å². The maximum Gasteiger partial charge on any atom is 0.269 e. The molecule has 1 amide bonds. The normalized spacial score (nSPS) is 22.1. The number of aliphatic imine (C=N–C) groups is 1. The Kier molecular flexibility index (Phi) is 5.27. The number of quaternary nitrogens is 1. The Labute approximate surface area is 144 Å². The molecule has 2 saturated heterocycles. The van der Waals surface area contributed by atoms with E-state index in [0.29, 0.717) is 16.7 Å². The highest BCUT2D eigenvalue weighted by atomic mass is 32.2. The van der Waals surface area contributed by atoms with Gasteiger partial charge >= 0.3 is 0 Å². The van der Waals surface area contributed by atoms with Gasteiger partial charge in [-0.25, -0.2) is 4.99 Å². The number of nitro groups is 1. The first-order valence-corrected chi connectivity index (χ1v) is 8.77. The van der Waals surface area contributed by atoms with Crippen LogP contribution in [-0.4, -0.2) is 35.8 Å². The van der Waals surface area contributed by atoms with Crippen molar-refractivity contribution in [1.29, 1.82) is 0 Å². The number of carbonyl (C=O) groups is 1. The van der Waals surface area contributed by atoms with Gasteiger partial charge in [0.25, 0.3) is 11.6 Å². The summed E-state index contributed by atoms with van der Waals surface area (Å²) in [4.78, 5) is 28.7. The lowest BCUT2D eigenvalue weighted by atomic mass is 10.1. The van der Waals surface area contributed by atoms with Gasteiger partial charge in [0.2, 0.25) is 0 Å². The first-order valence-electron chi connectivity index (χ1n) is 7.95. The monoisotopic (exact) mass is 347 g/mol. The molecule has 7 nitrogen and oxygen atoms in total. The van der Waals surface area contributed by atoms with E-state index in [9.17, 15) is 14.9 Å². The van der Waals surface area contributed by atoms with Gasteiger partial charge in [-0.2, -0.15) is 0 Å². The lowest BCUT2D eigenvalue weighted by Gasteiger charge is -2.21. The van der Waals surface area contributed by atoms with Crippen molar-refractivity contribution < 1.29 is 14.6 Å². The summed E-state index contributed by atoms with van der Waals surface area (Å²) in [6, 6.07) is 6.12. The molecule has 2 aliphatic heterocycles. The average molecular weight is 347 g/mol. The van der Waals surface area contributed by atoms with Crippen molar-refractivity contribution >= 4 is 34.6 Å². The van der Waals surface area contributed by atoms with Crippen LogP contribution in [0.4, 0.5) is 5.69 Å². The molecule has 0 spiro atoms. The van der Waals surface area contributed by atoms with Gasteiger partial charge in [-0.1, -0.05) is 0 Å². The summed E-state index contributed by atoms with van der Waals surface area (Å²) in [5.41, 5.74) is 0.786. The maximum absolute atomic E-state index is 12.0. The number of rotatable bonds is 4. The van der Waals surface area contributed by atoms with Gasteiger partial charge in [-0.3, -0.25) is 14.9 Å². The highest BCUT2D eigenvalue weighted by Gasteiger charge is 2.24. The van der Waals surface area contributed by atoms with E-state index in [0.717, 1.165) is 18.7 Å². The van der Waals surface area contributed by atoms with Crippen molar-refractivity contribution in [2.45, 2.75) is 19.3 Å². The Hall–Kier alpha value is -2.19. The van der Waals surface area contributed by atoms with Gasteiger partial charge in [0, 0.05) is 12.1 Å². The Morgan fingerprint density at radius 1 is 1.25 bits per heavy atom. The third kappa shape index (κ3) is 4.21. The molecule has 0 aromatic heterocycles. The zero-order valence-electron chi connectivity index (χ0n) is 13.2. The Morgan fingerprint density at radius 2 is 1.96 bits per heavy atom. The number of nitrogens with one attached hydrogen (secondary N) is 2. The number of carbonyl (C=O) groups excluding carboxylic acids is 1. The van der Waals surface area contributed by atoms with Crippen molar-refractivity contribution in [3.63, 3.8) is 0 Å².